The zero-order chi connectivity index (χ0) is 18.3. The Morgan fingerprint density at radius 2 is 2.00 bits per heavy atom. The SMILES string of the molecule is CC1CC2CC(C1)CC(O)(CN1CCc3cc(C(=O)NO)ccc3C1)C2.[HH].[HH]. The van der Waals surface area contributed by atoms with Crippen LogP contribution < -0.4 is 5.48 Å². The molecule has 0 aromatic heterocycles. The number of β-amino-alcohol motifs (C(OH)–C–C–N with tert-alkyl or cyclic N) is 1. The number of hydrogen-bond acceptors (Lipinski definition) is 4. The Kier molecular flexibility index (Phi) is 4.80. The lowest BCUT2D eigenvalue weighted by Gasteiger charge is -2.48. The van der Waals surface area contributed by atoms with Gasteiger partial charge in [-0.2, -0.15) is 0 Å². The van der Waals surface area contributed by atoms with E-state index in [9.17, 15) is 9.90 Å². The summed E-state index contributed by atoms with van der Waals surface area (Å²) in [5.74, 6) is 1.74. The second-order valence-corrected chi connectivity index (χ2v) is 9.06. The number of rotatable bonds is 3. The van der Waals surface area contributed by atoms with Crippen molar-refractivity contribution in [2.24, 2.45) is 17.8 Å². The van der Waals surface area contributed by atoms with Crippen molar-refractivity contribution in [1.29, 1.82) is 0 Å². The normalized spacial score (nSPS) is 34.2. The van der Waals surface area contributed by atoms with Gasteiger partial charge in [-0.25, -0.2) is 5.48 Å². The van der Waals surface area contributed by atoms with Gasteiger partial charge in [0.2, 0.25) is 0 Å². The molecule has 0 radical (unpaired) electrons. The molecular formula is C21H34N2O3. The van der Waals surface area contributed by atoms with Crippen molar-refractivity contribution in [3.05, 3.63) is 34.9 Å². The molecule has 0 spiro atoms. The zero-order valence-electron chi connectivity index (χ0n) is 15.6. The molecule has 5 heteroatoms. The van der Waals surface area contributed by atoms with Crippen LogP contribution in [-0.4, -0.2) is 39.8 Å². The number of carbonyl (C=O) groups is 1. The van der Waals surface area contributed by atoms with Gasteiger partial charge < -0.3 is 5.11 Å². The summed E-state index contributed by atoms with van der Waals surface area (Å²) in [6.45, 7) is 4.85. The van der Waals surface area contributed by atoms with E-state index in [4.69, 9.17) is 5.21 Å². The Morgan fingerprint density at radius 1 is 1.27 bits per heavy atom. The van der Waals surface area contributed by atoms with E-state index < -0.39 is 11.5 Å². The van der Waals surface area contributed by atoms with Crippen LogP contribution in [0.4, 0.5) is 0 Å². The minimum atomic E-state index is -0.540. The van der Waals surface area contributed by atoms with Gasteiger partial charge in [0, 0.05) is 28.1 Å². The first-order valence-electron chi connectivity index (χ1n) is 9.95. The predicted octanol–water partition coefficient (Wildman–Crippen LogP) is 3.23. The highest BCUT2D eigenvalue weighted by Gasteiger charge is 2.43. The number of hydroxylamine groups is 1. The Morgan fingerprint density at radius 3 is 2.69 bits per heavy atom. The average Bonchev–Trinajstić information content (AvgIpc) is 2.59. The molecular weight excluding hydrogens is 328 g/mol. The van der Waals surface area contributed by atoms with Gasteiger partial charge in [0.1, 0.15) is 0 Å². The van der Waals surface area contributed by atoms with Crippen molar-refractivity contribution in [3.8, 4) is 0 Å². The van der Waals surface area contributed by atoms with Crippen LogP contribution in [-0.2, 0) is 13.0 Å². The van der Waals surface area contributed by atoms with Crippen LogP contribution >= 0.6 is 0 Å². The van der Waals surface area contributed by atoms with Crippen molar-refractivity contribution in [2.75, 3.05) is 13.1 Å². The molecule has 1 aromatic rings. The molecule has 2 atom stereocenters. The standard InChI is InChI=1S/C21H30N2O3.2H2/c1-14-6-15-8-16(7-14)11-21(25,10-15)13-23-5-4-17-9-18(20(24)22-26)2-3-19(17)12-23;;/h2-3,9,14-16,25-26H,4-8,10-13H2,1H3,(H,22,24);2*1H. The van der Waals surface area contributed by atoms with Crippen LogP contribution in [0.25, 0.3) is 0 Å². The molecule has 1 heterocycles. The summed E-state index contributed by atoms with van der Waals surface area (Å²) in [5.41, 5.74) is 4.04. The van der Waals surface area contributed by atoms with Gasteiger partial charge >= 0.3 is 0 Å². The lowest BCUT2D eigenvalue weighted by molar-refractivity contribution is -0.0799. The molecule has 146 valence electrons. The summed E-state index contributed by atoms with van der Waals surface area (Å²) in [6, 6.07) is 5.61. The van der Waals surface area contributed by atoms with Crippen LogP contribution in [0.15, 0.2) is 18.2 Å². The number of hydrogen-bond donors (Lipinski definition) is 3. The fourth-order valence-electron chi connectivity index (χ4n) is 5.89. The van der Waals surface area contributed by atoms with Crippen LogP contribution in [0, 0.1) is 17.8 Å². The molecule has 2 aliphatic carbocycles. The van der Waals surface area contributed by atoms with E-state index in [2.05, 4.69) is 11.8 Å². The fraction of sp³-hybridized carbons (Fsp3) is 0.667. The number of aliphatic hydroxyl groups is 1. The van der Waals surface area contributed by atoms with Crippen LogP contribution in [0.1, 0.15) is 63.4 Å². The van der Waals surface area contributed by atoms with Crippen molar-refractivity contribution in [1.82, 2.24) is 10.4 Å². The monoisotopic (exact) mass is 362 g/mol. The smallest absolute Gasteiger partial charge is 0.274 e. The molecule has 26 heavy (non-hydrogen) atoms. The Balaban J connectivity index is 0.00000140. The van der Waals surface area contributed by atoms with E-state index in [-0.39, 0.29) is 2.85 Å². The first-order valence-corrected chi connectivity index (χ1v) is 9.95. The second-order valence-electron chi connectivity index (χ2n) is 9.06. The van der Waals surface area contributed by atoms with E-state index in [1.54, 1.807) is 11.5 Å². The van der Waals surface area contributed by atoms with Gasteiger partial charge in [0.15, 0.2) is 0 Å². The van der Waals surface area contributed by atoms with Gasteiger partial charge in [-0.1, -0.05) is 13.0 Å². The van der Waals surface area contributed by atoms with Gasteiger partial charge in [0.25, 0.3) is 5.91 Å². The molecule has 3 N–H and O–H groups in total. The third-order valence-electron chi connectivity index (χ3n) is 6.65. The predicted molar refractivity (Wildman–Crippen MR) is 103 cm³/mol. The fourth-order valence-corrected chi connectivity index (χ4v) is 5.89. The minimum Gasteiger partial charge on any atom is -0.389 e. The molecule has 5 nitrogen and oxygen atoms in total. The number of carbonyl (C=O) groups excluding carboxylic acids is 1. The van der Waals surface area contributed by atoms with Crippen molar-refractivity contribution < 1.29 is 18.0 Å². The van der Waals surface area contributed by atoms with Gasteiger partial charge in [-0.3, -0.25) is 14.9 Å². The highest BCUT2D eigenvalue weighted by atomic mass is 16.5. The molecule has 2 unspecified atom stereocenters. The second kappa shape index (κ2) is 6.95. The number of fused-ring (bicyclic) bond motifs is 3. The van der Waals surface area contributed by atoms with E-state index in [1.807, 2.05) is 12.1 Å². The Hall–Kier alpha value is -1.43. The molecule has 0 saturated heterocycles. The van der Waals surface area contributed by atoms with E-state index >= 15 is 0 Å². The number of nitrogens with one attached hydrogen (secondary N) is 1. The van der Waals surface area contributed by atoms with E-state index in [0.717, 1.165) is 44.8 Å². The van der Waals surface area contributed by atoms with Gasteiger partial charge in [-0.15, -0.1) is 0 Å². The molecule has 1 aromatic carbocycles. The van der Waals surface area contributed by atoms with E-state index in [1.165, 1.54) is 30.4 Å². The maximum Gasteiger partial charge on any atom is 0.274 e. The summed E-state index contributed by atoms with van der Waals surface area (Å²) in [5, 5.41) is 20.1. The van der Waals surface area contributed by atoms with Crippen molar-refractivity contribution in [3.63, 3.8) is 0 Å². The number of nitrogens with zero attached hydrogens (tertiary/aromatic N) is 1. The number of amides is 1. The Bertz CT molecular complexity index is 682. The largest absolute Gasteiger partial charge is 0.389 e. The highest BCUT2D eigenvalue weighted by molar-refractivity contribution is 5.93. The molecule has 4 rings (SSSR count). The molecule has 1 amide bonds. The third kappa shape index (κ3) is 3.66. The third-order valence-corrected chi connectivity index (χ3v) is 6.65. The van der Waals surface area contributed by atoms with Crippen LogP contribution in [0.5, 0.6) is 0 Å². The maximum absolute atomic E-state index is 11.6. The Labute approximate surface area is 158 Å². The molecule has 2 fully saturated rings. The average molecular weight is 363 g/mol. The summed E-state index contributed by atoms with van der Waals surface area (Å²) < 4.78 is 0. The van der Waals surface area contributed by atoms with Crippen LogP contribution in [0.2, 0.25) is 0 Å². The lowest BCUT2D eigenvalue weighted by atomic mass is 9.63. The summed E-state index contributed by atoms with van der Waals surface area (Å²) in [6.07, 6.45) is 6.64. The quantitative estimate of drug-likeness (QED) is 0.570. The van der Waals surface area contributed by atoms with Gasteiger partial charge in [-0.05, 0) is 79.5 Å². The highest BCUT2D eigenvalue weighted by Crippen LogP contribution is 2.46. The number of benzene rings is 1. The molecule has 3 aliphatic rings. The van der Waals surface area contributed by atoms with E-state index in [0.29, 0.717) is 17.4 Å². The van der Waals surface area contributed by atoms with Gasteiger partial charge in [0.05, 0.1) is 5.60 Å². The zero-order valence-corrected chi connectivity index (χ0v) is 15.6. The summed E-state index contributed by atoms with van der Waals surface area (Å²) >= 11 is 0. The lowest BCUT2D eigenvalue weighted by Crippen LogP contribution is -2.50. The summed E-state index contributed by atoms with van der Waals surface area (Å²) in [7, 11) is 0. The topological polar surface area (TPSA) is 72.8 Å². The first kappa shape index (κ1) is 18.0. The minimum absolute atomic E-state index is 0. The molecule has 2 bridgehead atoms. The first-order chi connectivity index (χ1) is 12.4. The van der Waals surface area contributed by atoms with Crippen LogP contribution in [0.3, 0.4) is 0 Å². The van der Waals surface area contributed by atoms with Crippen molar-refractivity contribution >= 4 is 5.91 Å². The molecule has 2 saturated carbocycles. The summed E-state index contributed by atoms with van der Waals surface area (Å²) in [4.78, 5) is 14.0. The maximum atomic E-state index is 11.6. The molecule has 1 aliphatic heterocycles. The van der Waals surface area contributed by atoms with Crippen molar-refractivity contribution in [2.45, 2.75) is 57.6 Å².